The van der Waals surface area contributed by atoms with Gasteiger partial charge in [-0.2, -0.15) is 9.50 Å². The van der Waals surface area contributed by atoms with Gasteiger partial charge in [0.1, 0.15) is 11.9 Å². The first-order valence-corrected chi connectivity index (χ1v) is 14.9. The number of hydrogen-bond acceptors (Lipinski definition) is 11. The number of anilines is 3. The lowest BCUT2D eigenvalue weighted by atomic mass is 10.2. The minimum atomic E-state index is -1.27. The molecule has 6 rings (SSSR count). The smallest absolute Gasteiger partial charge is 0.225 e. The van der Waals surface area contributed by atoms with Crippen molar-refractivity contribution in [3.05, 3.63) is 42.2 Å². The predicted octanol–water partition coefficient (Wildman–Crippen LogP) is 2.44. The van der Waals surface area contributed by atoms with E-state index in [-0.39, 0.29) is 30.5 Å². The Labute approximate surface area is 249 Å². The van der Waals surface area contributed by atoms with Crippen molar-refractivity contribution in [3.8, 4) is 17.3 Å². The van der Waals surface area contributed by atoms with E-state index >= 15 is 0 Å². The van der Waals surface area contributed by atoms with Crippen LogP contribution in [0.3, 0.4) is 0 Å². The summed E-state index contributed by atoms with van der Waals surface area (Å²) < 4.78 is 55.5. The summed E-state index contributed by atoms with van der Waals surface area (Å²) in [5, 5.41) is 7.26. The van der Waals surface area contributed by atoms with E-state index < -0.39 is 23.9 Å². The van der Waals surface area contributed by atoms with Crippen LogP contribution >= 0.6 is 11.8 Å². The molecule has 12 nitrogen and oxygen atoms in total. The van der Waals surface area contributed by atoms with Crippen LogP contribution in [0.5, 0.6) is 5.75 Å². The van der Waals surface area contributed by atoms with Crippen LogP contribution in [0.25, 0.3) is 17.2 Å². The van der Waals surface area contributed by atoms with Gasteiger partial charge in [0, 0.05) is 64.5 Å². The molecule has 2 aliphatic rings. The van der Waals surface area contributed by atoms with Crippen molar-refractivity contribution < 1.29 is 27.1 Å². The maximum atomic E-state index is 14.8. The van der Waals surface area contributed by atoms with Gasteiger partial charge in [0.15, 0.2) is 35.0 Å². The molecule has 2 saturated heterocycles. The Bertz CT molecular complexity index is 1600. The summed E-state index contributed by atoms with van der Waals surface area (Å²) >= 11 is 1.37. The van der Waals surface area contributed by atoms with E-state index in [4.69, 9.17) is 14.9 Å². The van der Waals surface area contributed by atoms with E-state index in [2.05, 4.69) is 25.3 Å². The number of halogens is 3. The molecule has 3 aromatic heterocycles. The molecule has 228 valence electrons. The van der Waals surface area contributed by atoms with Crippen LogP contribution in [0, 0.1) is 11.6 Å². The van der Waals surface area contributed by atoms with Crippen LogP contribution in [0.4, 0.5) is 30.6 Å². The number of alkyl halides is 1. The number of benzene rings is 1. The van der Waals surface area contributed by atoms with E-state index in [0.29, 0.717) is 73.6 Å². The molecule has 4 aromatic rings. The summed E-state index contributed by atoms with van der Waals surface area (Å²) in [5.41, 5.74) is 6.86. The van der Waals surface area contributed by atoms with Crippen LogP contribution in [0.15, 0.2) is 39.8 Å². The fourth-order valence-corrected chi connectivity index (χ4v) is 5.90. The van der Waals surface area contributed by atoms with Crippen LogP contribution in [0.1, 0.15) is 0 Å². The Balaban J connectivity index is 1.12. The number of hydrogen-bond donors (Lipinski definition) is 2. The number of carbonyl (C=O) groups excluding carboxylic acids is 1. The highest BCUT2D eigenvalue weighted by Gasteiger charge is 2.30. The standard InChI is InChI=1S/C27H30F3N9O3S/c1-43-23-25(34-27(31)39-26(23)33-24(35-39)20-3-2-10-41-20)38(15-40)9-6-36-4-7-37(8-5-36)19-12-21(17(29)11-16(19)28)42-22-14-32-13-18(22)30/h2-3,10-12,15,18,22,32H,4-9,13-14H2,1H3,(H2,31,34)/t18-,22+/m1/s1. The molecular formula is C27H30F3N9O3S. The van der Waals surface area contributed by atoms with Crippen molar-refractivity contribution >= 4 is 41.3 Å². The molecule has 2 atom stereocenters. The van der Waals surface area contributed by atoms with E-state index in [1.807, 2.05) is 6.26 Å². The number of piperazine rings is 1. The Hall–Kier alpha value is -4.02. The summed E-state index contributed by atoms with van der Waals surface area (Å²) in [6, 6.07) is 5.55. The Morgan fingerprint density at radius 2 is 2.02 bits per heavy atom. The lowest BCUT2D eigenvalue weighted by molar-refractivity contribution is -0.107. The molecule has 0 saturated carbocycles. The highest BCUT2D eigenvalue weighted by Crippen LogP contribution is 2.33. The van der Waals surface area contributed by atoms with Crippen LogP contribution in [-0.2, 0) is 4.79 Å². The molecule has 0 spiro atoms. The van der Waals surface area contributed by atoms with Crippen molar-refractivity contribution in [2.45, 2.75) is 17.2 Å². The fourth-order valence-electron chi connectivity index (χ4n) is 5.24. The molecule has 2 fully saturated rings. The summed E-state index contributed by atoms with van der Waals surface area (Å²) in [4.78, 5) is 27.3. The van der Waals surface area contributed by atoms with Crippen molar-refractivity contribution in [1.29, 1.82) is 0 Å². The number of fused-ring (bicyclic) bond motifs is 1. The lowest BCUT2D eigenvalue weighted by Crippen LogP contribution is -2.48. The molecule has 2 aliphatic heterocycles. The highest BCUT2D eigenvalue weighted by atomic mass is 32.2. The maximum Gasteiger partial charge on any atom is 0.225 e. The second-order valence-corrected chi connectivity index (χ2v) is 11.0. The molecule has 0 aliphatic carbocycles. The van der Waals surface area contributed by atoms with Gasteiger partial charge in [-0.3, -0.25) is 14.6 Å². The topological polar surface area (TPSA) is 130 Å². The average molecular weight is 618 g/mol. The van der Waals surface area contributed by atoms with Gasteiger partial charge in [-0.25, -0.2) is 18.2 Å². The van der Waals surface area contributed by atoms with Gasteiger partial charge in [0.2, 0.25) is 18.2 Å². The van der Waals surface area contributed by atoms with Gasteiger partial charge < -0.3 is 25.1 Å². The Morgan fingerprint density at radius 3 is 2.70 bits per heavy atom. The van der Waals surface area contributed by atoms with Gasteiger partial charge in [0.25, 0.3) is 0 Å². The summed E-state index contributed by atoms with van der Waals surface area (Å²) in [6.07, 6.45) is 1.99. The quantitative estimate of drug-likeness (QED) is 0.201. The third-order valence-corrected chi connectivity index (χ3v) is 8.31. The highest BCUT2D eigenvalue weighted by molar-refractivity contribution is 7.99. The van der Waals surface area contributed by atoms with Gasteiger partial charge in [-0.15, -0.1) is 16.9 Å². The minimum absolute atomic E-state index is 0.0736. The molecular weight excluding hydrogens is 587 g/mol. The number of carbonyl (C=O) groups is 1. The van der Waals surface area contributed by atoms with Crippen molar-refractivity contribution in [2.75, 3.05) is 74.1 Å². The molecule has 0 unspecified atom stereocenters. The van der Waals surface area contributed by atoms with Gasteiger partial charge in [0.05, 0.1) is 16.8 Å². The molecule has 43 heavy (non-hydrogen) atoms. The first kappa shape index (κ1) is 29.1. The average Bonchev–Trinajstić information content (AvgIpc) is 3.77. The van der Waals surface area contributed by atoms with Gasteiger partial charge in [-0.1, -0.05) is 0 Å². The second-order valence-electron chi connectivity index (χ2n) is 10.2. The zero-order valence-corrected chi connectivity index (χ0v) is 24.1. The van der Waals surface area contributed by atoms with Crippen molar-refractivity contribution in [1.82, 2.24) is 29.8 Å². The predicted molar refractivity (Wildman–Crippen MR) is 155 cm³/mol. The van der Waals surface area contributed by atoms with Crippen LogP contribution < -0.4 is 25.6 Å². The zero-order chi connectivity index (χ0) is 30.1. The number of aromatic nitrogens is 4. The van der Waals surface area contributed by atoms with Crippen LogP contribution in [-0.4, -0.2) is 102 Å². The summed E-state index contributed by atoms with van der Waals surface area (Å²) in [6.45, 7) is 3.28. The third-order valence-electron chi connectivity index (χ3n) is 7.53. The maximum absolute atomic E-state index is 14.8. The molecule has 1 aromatic carbocycles. The molecule has 5 heterocycles. The first-order valence-electron chi connectivity index (χ1n) is 13.7. The van der Waals surface area contributed by atoms with Gasteiger partial charge >= 0.3 is 0 Å². The number of nitrogens with zero attached hydrogens (tertiary/aromatic N) is 7. The molecule has 3 N–H and O–H groups in total. The SMILES string of the molecule is CSc1c(N(C=O)CCN2CCN(c3cc(O[C@H]4CNC[C@H]4F)c(F)cc3F)CC2)nc(N)n2nc(-c3ccco3)nc12. The summed E-state index contributed by atoms with van der Waals surface area (Å²) in [5.74, 6) is -0.476. The number of nitrogens with two attached hydrogens (primary N) is 1. The van der Waals surface area contributed by atoms with E-state index in [1.165, 1.54) is 33.5 Å². The fraction of sp³-hybridized carbons (Fsp3) is 0.407. The largest absolute Gasteiger partial charge is 0.483 e. The molecule has 16 heteroatoms. The number of thioether (sulfide) groups is 1. The van der Waals surface area contributed by atoms with Crippen molar-refractivity contribution in [3.63, 3.8) is 0 Å². The molecule has 1 amide bonds. The first-order chi connectivity index (χ1) is 20.9. The monoisotopic (exact) mass is 617 g/mol. The molecule has 0 bridgehead atoms. The van der Waals surface area contributed by atoms with Gasteiger partial charge in [-0.05, 0) is 18.4 Å². The number of rotatable bonds is 10. The number of nitrogens with one attached hydrogen (secondary N) is 1. The number of furan rings is 1. The number of nitrogen functional groups attached to an aromatic ring is 1. The lowest BCUT2D eigenvalue weighted by Gasteiger charge is -2.37. The number of amides is 1. The van der Waals surface area contributed by atoms with E-state index in [9.17, 15) is 18.0 Å². The zero-order valence-electron chi connectivity index (χ0n) is 23.3. The summed E-state index contributed by atoms with van der Waals surface area (Å²) in [7, 11) is 0. The van der Waals surface area contributed by atoms with E-state index in [0.717, 1.165) is 6.07 Å². The normalized spacial score (nSPS) is 19.3. The molecule has 0 radical (unpaired) electrons. The second kappa shape index (κ2) is 12.3. The Kier molecular flexibility index (Phi) is 8.32. The third kappa shape index (κ3) is 5.81. The number of ether oxygens (including phenoxy) is 1. The minimum Gasteiger partial charge on any atom is -0.483 e. The van der Waals surface area contributed by atoms with Crippen molar-refractivity contribution in [2.24, 2.45) is 0 Å². The Morgan fingerprint density at radius 1 is 1.21 bits per heavy atom. The van der Waals surface area contributed by atoms with Crippen LogP contribution in [0.2, 0.25) is 0 Å². The van der Waals surface area contributed by atoms with E-state index in [1.54, 1.807) is 17.0 Å².